The van der Waals surface area contributed by atoms with Crippen LogP contribution in [-0.4, -0.2) is 11.9 Å². The molecule has 0 aliphatic rings. The first kappa shape index (κ1) is 12.7. The van der Waals surface area contributed by atoms with Gasteiger partial charge in [-0.15, -0.1) is 0 Å². The Morgan fingerprint density at radius 2 is 2.13 bits per heavy atom. The minimum Gasteiger partial charge on any atom is -0.482 e. The van der Waals surface area contributed by atoms with Gasteiger partial charge in [0.2, 0.25) is 0 Å². The summed E-state index contributed by atoms with van der Waals surface area (Å²) in [4.78, 5) is 11.3. The maximum Gasteiger partial charge on any atom is 0.172 e. The highest BCUT2D eigenvalue weighted by Gasteiger charge is 2.13. The summed E-state index contributed by atoms with van der Waals surface area (Å²) in [7, 11) is 0. The fourth-order valence-corrected chi connectivity index (χ4v) is 2.25. The minimum absolute atomic E-state index is 0.102. The van der Waals surface area contributed by atoms with Crippen molar-refractivity contribution in [3.63, 3.8) is 0 Å². The lowest BCUT2D eigenvalue weighted by molar-refractivity contribution is -0.124. The van der Waals surface area contributed by atoms with Crippen molar-refractivity contribution >= 4 is 37.6 Å². The number of carbonyl (C=O) groups is 1. The predicted molar refractivity (Wildman–Crippen MR) is 67.2 cm³/mol. The molecule has 2 nitrogen and oxygen atoms in total. The molecule has 1 atom stereocenters. The Bertz CT molecular complexity index is 364. The van der Waals surface area contributed by atoms with Crippen LogP contribution >= 0.6 is 31.9 Å². The molecule has 0 aliphatic heterocycles. The van der Waals surface area contributed by atoms with Crippen LogP contribution in [0.2, 0.25) is 0 Å². The zero-order valence-electron chi connectivity index (χ0n) is 8.59. The van der Waals surface area contributed by atoms with Crippen LogP contribution in [0.3, 0.4) is 0 Å². The third-order valence-electron chi connectivity index (χ3n) is 2.00. The molecule has 0 saturated heterocycles. The average molecular weight is 336 g/mol. The number of rotatable bonds is 4. The van der Waals surface area contributed by atoms with Gasteiger partial charge in [-0.2, -0.15) is 0 Å². The predicted octanol–water partition coefficient (Wildman–Crippen LogP) is 3.96. The van der Waals surface area contributed by atoms with Crippen LogP contribution in [-0.2, 0) is 4.79 Å². The smallest absolute Gasteiger partial charge is 0.172 e. The minimum atomic E-state index is -0.396. The largest absolute Gasteiger partial charge is 0.482 e. The number of halogens is 2. The normalized spacial score (nSPS) is 12.3. The Morgan fingerprint density at radius 3 is 2.67 bits per heavy atom. The number of Topliss-reactive ketones (excluding diaryl/α,β-unsaturated/α-hetero) is 1. The molecule has 0 N–H and O–H groups in total. The number of benzene rings is 1. The van der Waals surface area contributed by atoms with E-state index < -0.39 is 6.10 Å². The van der Waals surface area contributed by atoms with Crippen LogP contribution in [0.15, 0.2) is 27.1 Å². The Labute approximate surface area is 106 Å². The molecule has 0 fully saturated rings. The molecule has 4 heteroatoms. The van der Waals surface area contributed by atoms with E-state index in [1.807, 2.05) is 25.1 Å². The molecule has 0 heterocycles. The van der Waals surface area contributed by atoms with Crippen molar-refractivity contribution in [2.75, 3.05) is 0 Å². The average Bonchev–Trinajstić information content (AvgIpc) is 2.20. The van der Waals surface area contributed by atoms with Crippen LogP contribution in [0, 0.1) is 0 Å². The summed E-state index contributed by atoms with van der Waals surface area (Å²) >= 11 is 6.73. The van der Waals surface area contributed by atoms with Crippen molar-refractivity contribution in [1.29, 1.82) is 0 Å². The highest BCUT2D eigenvalue weighted by atomic mass is 79.9. The fraction of sp³-hybridized carbons (Fsp3) is 0.364. The Morgan fingerprint density at radius 1 is 1.47 bits per heavy atom. The first-order valence-corrected chi connectivity index (χ1v) is 6.27. The Kier molecular flexibility index (Phi) is 4.80. The second-order valence-electron chi connectivity index (χ2n) is 3.15. The standard InChI is InChI=1S/C11H12Br2O2/c1-3-10(14)7(2)15-11-5-4-8(12)6-9(11)13/h4-7H,3H2,1-2H3. The topological polar surface area (TPSA) is 26.3 Å². The molecule has 0 radical (unpaired) electrons. The number of carbonyl (C=O) groups excluding carboxylic acids is 1. The van der Waals surface area contributed by atoms with Crippen molar-refractivity contribution in [3.8, 4) is 5.75 Å². The number of ketones is 1. The van der Waals surface area contributed by atoms with E-state index in [0.29, 0.717) is 12.2 Å². The lowest BCUT2D eigenvalue weighted by atomic mass is 10.2. The molecule has 0 amide bonds. The molecule has 0 aliphatic carbocycles. The van der Waals surface area contributed by atoms with Gasteiger partial charge in [0.25, 0.3) is 0 Å². The van der Waals surface area contributed by atoms with Gasteiger partial charge in [0, 0.05) is 10.9 Å². The molecule has 15 heavy (non-hydrogen) atoms. The first-order chi connectivity index (χ1) is 7.04. The van der Waals surface area contributed by atoms with Gasteiger partial charge in [0.05, 0.1) is 4.47 Å². The van der Waals surface area contributed by atoms with Crippen LogP contribution < -0.4 is 4.74 Å². The monoisotopic (exact) mass is 334 g/mol. The van der Waals surface area contributed by atoms with E-state index in [9.17, 15) is 4.79 Å². The van der Waals surface area contributed by atoms with E-state index in [-0.39, 0.29) is 5.78 Å². The number of ether oxygens (including phenoxy) is 1. The van der Waals surface area contributed by atoms with Gasteiger partial charge in [-0.3, -0.25) is 4.79 Å². The van der Waals surface area contributed by atoms with E-state index in [4.69, 9.17) is 4.74 Å². The second-order valence-corrected chi connectivity index (χ2v) is 4.92. The van der Waals surface area contributed by atoms with Gasteiger partial charge < -0.3 is 4.74 Å². The second kappa shape index (κ2) is 5.66. The van der Waals surface area contributed by atoms with Crippen molar-refractivity contribution in [2.45, 2.75) is 26.4 Å². The molecule has 1 unspecified atom stereocenters. The molecule has 0 aromatic heterocycles. The molecule has 0 spiro atoms. The molecule has 1 aromatic rings. The molecular formula is C11H12Br2O2. The summed E-state index contributed by atoms with van der Waals surface area (Å²) in [6.07, 6.45) is 0.0995. The summed E-state index contributed by atoms with van der Waals surface area (Å²) in [5.74, 6) is 0.789. The van der Waals surface area contributed by atoms with Crippen LogP contribution in [0.1, 0.15) is 20.3 Å². The lowest BCUT2D eigenvalue weighted by Crippen LogP contribution is -2.22. The highest BCUT2D eigenvalue weighted by molar-refractivity contribution is 9.11. The molecule has 82 valence electrons. The van der Waals surface area contributed by atoms with Gasteiger partial charge in [-0.05, 0) is 41.1 Å². The summed E-state index contributed by atoms with van der Waals surface area (Å²) in [6.45, 7) is 3.60. The Hall–Kier alpha value is -0.350. The van der Waals surface area contributed by atoms with Crippen LogP contribution in [0.5, 0.6) is 5.75 Å². The molecule has 0 bridgehead atoms. The summed E-state index contributed by atoms with van der Waals surface area (Å²) in [6, 6.07) is 5.59. The van der Waals surface area contributed by atoms with Gasteiger partial charge in [-0.25, -0.2) is 0 Å². The zero-order chi connectivity index (χ0) is 11.4. The summed E-state index contributed by atoms with van der Waals surface area (Å²) in [5.41, 5.74) is 0. The van der Waals surface area contributed by atoms with Gasteiger partial charge in [-0.1, -0.05) is 22.9 Å². The summed E-state index contributed by atoms with van der Waals surface area (Å²) < 4.78 is 7.34. The fourth-order valence-electron chi connectivity index (χ4n) is 1.11. The van der Waals surface area contributed by atoms with E-state index in [0.717, 1.165) is 8.95 Å². The lowest BCUT2D eigenvalue weighted by Gasteiger charge is -2.14. The first-order valence-electron chi connectivity index (χ1n) is 4.69. The van der Waals surface area contributed by atoms with E-state index in [1.165, 1.54) is 0 Å². The molecular weight excluding hydrogens is 324 g/mol. The van der Waals surface area contributed by atoms with Crippen molar-refractivity contribution in [1.82, 2.24) is 0 Å². The molecule has 1 rings (SSSR count). The zero-order valence-corrected chi connectivity index (χ0v) is 11.8. The molecule has 1 aromatic carbocycles. The van der Waals surface area contributed by atoms with Gasteiger partial charge in [0.1, 0.15) is 5.75 Å². The maximum atomic E-state index is 11.3. The maximum absolute atomic E-state index is 11.3. The van der Waals surface area contributed by atoms with Crippen LogP contribution in [0.4, 0.5) is 0 Å². The summed E-state index contributed by atoms with van der Waals surface area (Å²) in [5, 5.41) is 0. The van der Waals surface area contributed by atoms with Crippen molar-refractivity contribution in [2.24, 2.45) is 0 Å². The Balaban J connectivity index is 2.76. The van der Waals surface area contributed by atoms with E-state index in [1.54, 1.807) is 6.92 Å². The van der Waals surface area contributed by atoms with Crippen LogP contribution in [0.25, 0.3) is 0 Å². The third kappa shape index (κ3) is 3.61. The van der Waals surface area contributed by atoms with Gasteiger partial charge in [0.15, 0.2) is 11.9 Å². The van der Waals surface area contributed by atoms with Crippen molar-refractivity contribution in [3.05, 3.63) is 27.1 Å². The SMILES string of the molecule is CCC(=O)C(C)Oc1ccc(Br)cc1Br. The van der Waals surface area contributed by atoms with Crippen molar-refractivity contribution < 1.29 is 9.53 Å². The number of hydrogen-bond acceptors (Lipinski definition) is 2. The number of hydrogen-bond donors (Lipinski definition) is 0. The van der Waals surface area contributed by atoms with E-state index >= 15 is 0 Å². The van der Waals surface area contributed by atoms with E-state index in [2.05, 4.69) is 31.9 Å². The van der Waals surface area contributed by atoms with Gasteiger partial charge >= 0.3 is 0 Å². The molecule has 0 saturated carbocycles. The third-order valence-corrected chi connectivity index (χ3v) is 3.11. The highest BCUT2D eigenvalue weighted by Crippen LogP contribution is 2.29. The quantitative estimate of drug-likeness (QED) is 0.832.